The van der Waals surface area contributed by atoms with E-state index in [4.69, 9.17) is 0 Å². The van der Waals surface area contributed by atoms with Crippen molar-refractivity contribution < 1.29 is 18.6 Å². The summed E-state index contributed by atoms with van der Waals surface area (Å²) in [6.07, 6.45) is 2.57. The SMILES string of the molecule is CCCN(CC)CCC.[V]. The standard InChI is InChI=1S/C8H19N.V/c1-4-7-9(6-3)8-5-2;/h4-8H2,1-3H3;. The zero-order valence-corrected chi connectivity index (χ0v) is 8.83. The Morgan fingerprint density at radius 1 is 0.900 bits per heavy atom. The van der Waals surface area contributed by atoms with Crippen molar-refractivity contribution in [3.05, 3.63) is 0 Å². The monoisotopic (exact) mass is 180 g/mol. The second-order valence-electron chi connectivity index (χ2n) is 2.43. The Morgan fingerprint density at radius 2 is 1.30 bits per heavy atom. The first-order valence-corrected chi connectivity index (χ1v) is 4.07. The molecule has 0 aliphatic heterocycles. The average Bonchev–Trinajstić information content (AvgIpc) is 1.88. The van der Waals surface area contributed by atoms with Gasteiger partial charge in [-0.15, -0.1) is 0 Å². The van der Waals surface area contributed by atoms with E-state index in [-0.39, 0.29) is 18.6 Å². The molecular formula is C8H19NV. The van der Waals surface area contributed by atoms with Crippen LogP contribution in [0.1, 0.15) is 33.6 Å². The van der Waals surface area contributed by atoms with Crippen LogP contribution in [-0.4, -0.2) is 24.5 Å². The van der Waals surface area contributed by atoms with Gasteiger partial charge < -0.3 is 4.90 Å². The van der Waals surface area contributed by atoms with Crippen LogP contribution in [-0.2, 0) is 18.6 Å². The van der Waals surface area contributed by atoms with E-state index in [0.717, 1.165) is 0 Å². The fourth-order valence-corrected chi connectivity index (χ4v) is 1.06. The van der Waals surface area contributed by atoms with Crippen molar-refractivity contribution in [2.45, 2.75) is 33.6 Å². The van der Waals surface area contributed by atoms with E-state index in [1.807, 2.05) is 0 Å². The maximum atomic E-state index is 2.49. The van der Waals surface area contributed by atoms with E-state index in [1.165, 1.54) is 32.5 Å². The Labute approximate surface area is 77.1 Å². The third-order valence-corrected chi connectivity index (χ3v) is 1.53. The molecule has 0 spiro atoms. The molecule has 0 aromatic rings. The molecule has 0 atom stereocenters. The first-order valence-electron chi connectivity index (χ1n) is 4.07. The fraction of sp³-hybridized carbons (Fsp3) is 1.00. The van der Waals surface area contributed by atoms with Gasteiger partial charge in [0.25, 0.3) is 0 Å². The summed E-state index contributed by atoms with van der Waals surface area (Å²) in [7, 11) is 0. The summed E-state index contributed by atoms with van der Waals surface area (Å²) in [4.78, 5) is 2.49. The summed E-state index contributed by atoms with van der Waals surface area (Å²) in [6.45, 7) is 10.4. The number of hydrogen-bond donors (Lipinski definition) is 0. The topological polar surface area (TPSA) is 3.24 Å². The van der Waals surface area contributed by atoms with Crippen LogP contribution in [0.5, 0.6) is 0 Å². The maximum absolute atomic E-state index is 2.49. The van der Waals surface area contributed by atoms with Gasteiger partial charge in [-0.25, -0.2) is 0 Å². The van der Waals surface area contributed by atoms with Crippen molar-refractivity contribution >= 4 is 0 Å². The van der Waals surface area contributed by atoms with Crippen LogP contribution in [0.4, 0.5) is 0 Å². The molecule has 0 fully saturated rings. The molecule has 0 saturated carbocycles. The van der Waals surface area contributed by atoms with Crippen LogP contribution in [0.15, 0.2) is 0 Å². The molecule has 0 aromatic carbocycles. The molecule has 1 nitrogen and oxygen atoms in total. The molecule has 0 heterocycles. The third-order valence-electron chi connectivity index (χ3n) is 1.53. The molecule has 2 heteroatoms. The van der Waals surface area contributed by atoms with Crippen molar-refractivity contribution in [2.75, 3.05) is 19.6 Å². The first kappa shape index (κ1) is 13.2. The van der Waals surface area contributed by atoms with Gasteiger partial charge in [-0.3, -0.25) is 0 Å². The molecule has 0 amide bonds. The van der Waals surface area contributed by atoms with Gasteiger partial charge in [0.2, 0.25) is 0 Å². The van der Waals surface area contributed by atoms with Crippen molar-refractivity contribution in [1.29, 1.82) is 0 Å². The normalized spacial score (nSPS) is 9.60. The van der Waals surface area contributed by atoms with E-state index in [1.54, 1.807) is 0 Å². The van der Waals surface area contributed by atoms with Gasteiger partial charge in [-0.05, 0) is 32.5 Å². The van der Waals surface area contributed by atoms with Crippen molar-refractivity contribution in [2.24, 2.45) is 0 Å². The Kier molecular flexibility index (Phi) is 12.6. The predicted octanol–water partition coefficient (Wildman–Crippen LogP) is 2.13. The second-order valence-corrected chi connectivity index (χ2v) is 2.43. The van der Waals surface area contributed by atoms with Crippen LogP contribution >= 0.6 is 0 Å². The van der Waals surface area contributed by atoms with Crippen LogP contribution < -0.4 is 0 Å². The molecule has 0 aliphatic carbocycles. The number of rotatable bonds is 5. The molecule has 0 aliphatic rings. The molecule has 0 N–H and O–H groups in total. The van der Waals surface area contributed by atoms with Gasteiger partial charge >= 0.3 is 0 Å². The third kappa shape index (κ3) is 6.66. The minimum Gasteiger partial charge on any atom is -0.304 e. The summed E-state index contributed by atoms with van der Waals surface area (Å²) in [5.74, 6) is 0. The Hall–Kier alpha value is 0.544. The van der Waals surface area contributed by atoms with Crippen molar-refractivity contribution in [1.82, 2.24) is 4.90 Å². The van der Waals surface area contributed by atoms with Crippen LogP contribution in [0.25, 0.3) is 0 Å². The minimum atomic E-state index is 0. The summed E-state index contributed by atoms with van der Waals surface area (Å²) in [6, 6.07) is 0. The van der Waals surface area contributed by atoms with Crippen LogP contribution in [0, 0.1) is 0 Å². The minimum absolute atomic E-state index is 0. The van der Waals surface area contributed by atoms with Gasteiger partial charge in [0, 0.05) is 18.6 Å². The second kappa shape index (κ2) is 9.54. The summed E-state index contributed by atoms with van der Waals surface area (Å²) >= 11 is 0. The van der Waals surface area contributed by atoms with Gasteiger partial charge in [0.15, 0.2) is 0 Å². The summed E-state index contributed by atoms with van der Waals surface area (Å²) in [5.41, 5.74) is 0. The Balaban J connectivity index is 0. The summed E-state index contributed by atoms with van der Waals surface area (Å²) < 4.78 is 0. The smallest absolute Gasteiger partial charge is 0 e. The number of hydrogen-bond acceptors (Lipinski definition) is 1. The molecule has 0 bridgehead atoms. The largest absolute Gasteiger partial charge is 0.304 e. The molecule has 1 radical (unpaired) electrons. The van der Waals surface area contributed by atoms with Crippen molar-refractivity contribution in [3.8, 4) is 0 Å². The maximum Gasteiger partial charge on any atom is 0 e. The Bertz CT molecular complexity index is 51.2. The molecule has 0 rings (SSSR count). The van der Waals surface area contributed by atoms with Gasteiger partial charge in [-0.2, -0.15) is 0 Å². The molecule has 0 unspecified atom stereocenters. The number of nitrogens with zero attached hydrogens (tertiary/aromatic N) is 1. The molecule has 10 heavy (non-hydrogen) atoms. The van der Waals surface area contributed by atoms with E-state index < -0.39 is 0 Å². The summed E-state index contributed by atoms with van der Waals surface area (Å²) in [5, 5.41) is 0. The van der Waals surface area contributed by atoms with Crippen LogP contribution in [0.2, 0.25) is 0 Å². The first-order chi connectivity index (χ1) is 4.35. The van der Waals surface area contributed by atoms with E-state index in [0.29, 0.717) is 0 Å². The molecule has 0 aromatic heterocycles. The van der Waals surface area contributed by atoms with Gasteiger partial charge in [-0.1, -0.05) is 20.8 Å². The molecular weight excluding hydrogens is 161 g/mol. The molecule has 0 saturated heterocycles. The van der Waals surface area contributed by atoms with E-state index >= 15 is 0 Å². The molecule has 61 valence electrons. The predicted molar refractivity (Wildman–Crippen MR) is 42.7 cm³/mol. The average molecular weight is 180 g/mol. The van der Waals surface area contributed by atoms with Crippen molar-refractivity contribution in [3.63, 3.8) is 0 Å². The quantitative estimate of drug-likeness (QED) is 0.626. The zero-order chi connectivity index (χ0) is 7.11. The van der Waals surface area contributed by atoms with Gasteiger partial charge in [0.05, 0.1) is 0 Å². The zero-order valence-electron chi connectivity index (χ0n) is 7.43. The van der Waals surface area contributed by atoms with Crippen LogP contribution in [0.3, 0.4) is 0 Å². The van der Waals surface area contributed by atoms with E-state index in [9.17, 15) is 0 Å². The fourth-order valence-electron chi connectivity index (χ4n) is 1.06. The van der Waals surface area contributed by atoms with E-state index in [2.05, 4.69) is 25.7 Å². The Morgan fingerprint density at radius 3 is 1.50 bits per heavy atom. The van der Waals surface area contributed by atoms with Gasteiger partial charge in [0.1, 0.15) is 0 Å².